The summed E-state index contributed by atoms with van der Waals surface area (Å²) in [7, 11) is 0. The summed E-state index contributed by atoms with van der Waals surface area (Å²) >= 11 is 1.96. The molecule has 1 nitrogen and oxygen atoms in total. The number of nitrogens with zero attached hydrogens (tertiary/aromatic N) is 1. The van der Waals surface area contributed by atoms with Crippen LogP contribution in [0.25, 0.3) is 91.8 Å². The minimum Gasteiger partial charge on any atom is -0.309 e. The molecule has 0 aliphatic heterocycles. The molecule has 2 aromatic heterocycles. The van der Waals surface area contributed by atoms with Crippen LogP contribution in [-0.4, -0.2) is 4.57 Å². The summed E-state index contributed by atoms with van der Waals surface area (Å²) in [6, 6.07) is 72.1. The Bertz CT molecular complexity index is 3330. The van der Waals surface area contributed by atoms with Crippen LogP contribution in [0.1, 0.15) is 22.6 Å². The van der Waals surface area contributed by atoms with E-state index in [1.54, 1.807) is 0 Å². The van der Waals surface area contributed by atoms with Gasteiger partial charge in [0.2, 0.25) is 0 Å². The molecule has 56 heavy (non-hydrogen) atoms. The quantitative estimate of drug-likeness (QED) is 0.170. The Balaban J connectivity index is 1.06. The third-order valence-corrected chi connectivity index (χ3v) is 13.4. The summed E-state index contributed by atoms with van der Waals surface area (Å²) in [6.45, 7) is 0. The van der Waals surface area contributed by atoms with Crippen molar-refractivity contribution in [1.82, 2.24) is 4.57 Å². The van der Waals surface area contributed by atoms with Crippen LogP contribution in [0, 0.1) is 0 Å². The normalized spacial score (nSPS) is 13.8. The van der Waals surface area contributed by atoms with Crippen molar-refractivity contribution in [2.45, 2.75) is 12.3 Å². The van der Waals surface area contributed by atoms with E-state index in [2.05, 4.69) is 199 Å². The van der Waals surface area contributed by atoms with Gasteiger partial charge in [0.15, 0.2) is 0 Å². The van der Waals surface area contributed by atoms with Gasteiger partial charge >= 0.3 is 0 Å². The molecule has 1 atom stereocenters. The molecule has 0 spiro atoms. The second-order valence-electron chi connectivity index (χ2n) is 15.2. The van der Waals surface area contributed by atoms with Gasteiger partial charge in [0.05, 0.1) is 11.0 Å². The Morgan fingerprint density at radius 2 is 1.14 bits per heavy atom. The Hall–Kier alpha value is -6.74. The summed E-state index contributed by atoms with van der Waals surface area (Å²) in [4.78, 5) is 0. The fourth-order valence-corrected chi connectivity index (χ4v) is 10.8. The lowest BCUT2D eigenvalue weighted by Crippen LogP contribution is -2.13. The lowest BCUT2D eigenvalue weighted by Gasteiger charge is -2.30. The van der Waals surface area contributed by atoms with Crippen LogP contribution in [0.4, 0.5) is 0 Å². The molecule has 11 aromatic rings. The molecular formula is C54H35NS. The lowest BCUT2D eigenvalue weighted by atomic mass is 9.74. The molecule has 2 heteroatoms. The molecule has 0 amide bonds. The van der Waals surface area contributed by atoms with Crippen molar-refractivity contribution >= 4 is 64.1 Å². The molecule has 0 saturated carbocycles. The predicted octanol–water partition coefficient (Wildman–Crippen LogP) is 15.0. The summed E-state index contributed by atoms with van der Waals surface area (Å²) in [6.07, 6.45) is 0.976. The summed E-state index contributed by atoms with van der Waals surface area (Å²) < 4.78 is 5.18. The maximum Gasteiger partial charge on any atom is 0.0541 e. The highest BCUT2D eigenvalue weighted by molar-refractivity contribution is 7.26. The van der Waals surface area contributed by atoms with E-state index >= 15 is 0 Å². The maximum atomic E-state index is 2.52. The summed E-state index contributed by atoms with van der Waals surface area (Å²) in [5.74, 6) is 0.284. The number of thiophene rings is 1. The number of fused-ring (bicyclic) bond motifs is 11. The van der Waals surface area contributed by atoms with Gasteiger partial charge in [0, 0.05) is 42.6 Å². The molecule has 0 radical (unpaired) electrons. The Morgan fingerprint density at radius 3 is 2.04 bits per heavy atom. The van der Waals surface area contributed by atoms with Crippen LogP contribution in [0.15, 0.2) is 194 Å². The molecule has 262 valence electrons. The van der Waals surface area contributed by atoms with Crippen molar-refractivity contribution in [1.29, 1.82) is 0 Å². The third-order valence-electron chi connectivity index (χ3n) is 12.2. The van der Waals surface area contributed by atoms with Crippen LogP contribution in [0.3, 0.4) is 0 Å². The number of hydrogen-bond acceptors (Lipinski definition) is 1. The highest BCUT2D eigenvalue weighted by Gasteiger charge is 2.30. The van der Waals surface area contributed by atoms with Gasteiger partial charge in [0.1, 0.15) is 0 Å². The molecule has 0 bridgehead atoms. The molecule has 0 saturated heterocycles. The SMILES string of the molecule is c1ccc(-c2ccc(-n3c4ccccc4c4cc(-c5cc6c(c7sc8ccccc8c57)CC(c5ccc7ccccc7c5)c5ccccc5-6)ccc43)cc2)cc1. The third kappa shape index (κ3) is 4.79. The number of aromatic nitrogens is 1. The monoisotopic (exact) mass is 729 g/mol. The maximum absolute atomic E-state index is 2.52. The zero-order chi connectivity index (χ0) is 36.7. The number of para-hydroxylation sites is 1. The van der Waals surface area contributed by atoms with Gasteiger partial charge in [-0.1, -0.05) is 152 Å². The van der Waals surface area contributed by atoms with E-state index in [0.717, 1.165) is 6.42 Å². The van der Waals surface area contributed by atoms with E-state index in [0.29, 0.717) is 0 Å². The van der Waals surface area contributed by atoms with E-state index in [-0.39, 0.29) is 5.92 Å². The lowest BCUT2D eigenvalue weighted by molar-refractivity contribution is 0.801. The Morgan fingerprint density at radius 1 is 0.446 bits per heavy atom. The molecule has 2 heterocycles. The minimum atomic E-state index is 0.284. The molecule has 9 aromatic carbocycles. The summed E-state index contributed by atoms with van der Waals surface area (Å²) in [5.41, 5.74) is 15.6. The first-order valence-corrected chi connectivity index (χ1v) is 20.3. The van der Waals surface area contributed by atoms with Crippen molar-refractivity contribution in [3.05, 3.63) is 211 Å². The first kappa shape index (κ1) is 31.6. The molecule has 1 aliphatic carbocycles. The van der Waals surface area contributed by atoms with E-state index in [1.165, 1.54) is 109 Å². The predicted molar refractivity (Wildman–Crippen MR) is 239 cm³/mol. The molecule has 1 aliphatic rings. The molecule has 1 unspecified atom stereocenters. The smallest absolute Gasteiger partial charge is 0.0541 e. The van der Waals surface area contributed by atoms with Gasteiger partial charge in [-0.05, 0) is 110 Å². The van der Waals surface area contributed by atoms with E-state index in [4.69, 9.17) is 0 Å². The van der Waals surface area contributed by atoms with E-state index < -0.39 is 0 Å². The number of rotatable bonds is 4. The van der Waals surface area contributed by atoms with Crippen molar-refractivity contribution in [3.63, 3.8) is 0 Å². The summed E-state index contributed by atoms with van der Waals surface area (Å²) in [5, 5.41) is 7.85. The van der Waals surface area contributed by atoms with Crippen LogP contribution < -0.4 is 0 Å². The number of hydrogen-bond donors (Lipinski definition) is 0. The van der Waals surface area contributed by atoms with Crippen LogP contribution in [-0.2, 0) is 6.42 Å². The van der Waals surface area contributed by atoms with Crippen molar-refractivity contribution in [3.8, 4) is 39.1 Å². The molecule has 12 rings (SSSR count). The first-order valence-electron chi connectivity index (χ1n) is 19.5. The van der Waals surface area contributed by atoms with Gasteiger partial charge in [-0.2, -0.15) is 0 Å². The molecule has 0 N–H and O–H groups in total. The zero-order valence-electron chi connectivity index (χ0n) is 30.6. The average Bonchev–Trinajstić information content (AvgIpc) is 3.82. The van der Waals surface area contributed by atoms with Gasteiger partial charge < -0.3 is 4.57 Å². The Kier molecular flexibility index (Phi) is 6.99. The second-order valence-corrected chi connectivity index (χ2v) is 16.3. The topological polar surface area (TPSA) is 4.93 Å². The average molecular weight is 730 g/mol. The second kappa shape index (κ2) is 12.4. The van der Waals surface area contributed by atoms with Crippen molar-refractivity contribution in [2.75, 3.05) is 0 Å². The molecular weight excluding hydrogens is 695 g/mol. The zero-order valence-corrected chi connectivity index (χ0v) is 31.4. The van der Waals surface area contributed by atoms with E-state index in [1.807, 2.05) is 11.3 Å². The van der Waals surface area contributed by atoms with Gasteiger partial charge in [-0.15, -0.1) is 11.3 Å². The van der Waals surface area contributed by atoms with E-state index in [9.17, 15) is 0 Å². The fourth-order valence-electron chi connectivity index (χ4n) is 9.56. The molecule has 0 fully saturated rings. The highest BCUT2D eigenvalue weighted by Crippen LogP contribution is 2.52. The van der Waals surface area contributed by atoms with Crippen molar-refractivity contribution < 1.29 is 0 Å². The van der Waals surface area contributed by atoms with Crippen LogP contribution >= 0.6 is 11.3 Å². The largest absolute Gasteiger partial charge is 0.309 e. The fraction of sp³-hybridized carbons (Fsp3) is 0.0370. The first-order chi connectivity index (χ1) is 27.8. The van der Waals surface area contributed by atoms with Gasteiger partial charge in [-0.25, -0.2) is 0 Å². The minimum absolute atomic E-state index is 0.284. The van der Waals surface area contributed by atoms with Crippen LogP contribution in [0.2, 0.25) is 0 Å². The Labute approximate surface area is 329 Å². The van der Waals surface area contributed by atoms with Crippen LogP contribution in [0.5, 0.6) is 0 Å². The van der Waals surface area contributed by atoms with Gasteiger partial charge in [-0.3, -0.25) is 0 Å². The highest BCUT2D eigenvalue weighted by atomic mass is 32.1. The number of benzene rings is 9. The van der Waals surface area contributed by atoms with Crippen molar-refractivity contribution in [2.24, 2.45) is 0 Å². The van der Waals surface area contributed by atoms with Gasteiger partial charge in [0.25, 0.3) is 0 Å². The standard InChI is InChI=1S/C54H35NS/c1-2-12-34(13-3-1)36-24-27-40(28-25-36)55-50-20-10-8-18-43(50)48-31-39(26-29-51(48)55)46-33-47-42-17-7-6-16-41(42)45(38-23-22-35-14-4-5-15-37(35)30-38)32-49(47)54-53(46)44-19-9-11-21-52(44)56-54/h1-31,33,45H,32H2.